The molecule has 2 aromatic rings. The average Bonchev–Trinajstić information content (AvgIpc) is 2.93. The van der Waals surface area contributed by atoms with Crippen LogP contribution in [0, 0.1) is 24.0 Å². The number of benzene rings is 1. The van der Waals surface area contributed by atoms with Gasteiger partial charge in [-0.25, -0.2) is 4.79 Å². The van der Waals surface area contributed by atoms with E-state index in [0.29, 0.717) is 30.1 Å². The summed E-state index contributed by atoms with van der Waals surface area (Å²) in [7, 11) is 0. The Labute approximate surface area is 125 Å². The molecule has 0 spiro atoms. The van der Waals surface area contributed by atoms with E-state index in [1.165, 1.54) is 11.2 Å². The number of hydrogen-bond acceptors (Lipinski definition) is 5. The van der Waals surface area contributed by atoms with Crippen LogP contribution < -0.4 is 4.43 Å². The first kappa shape index (κ1) is 14.1. The number of fused-ring (bicyclic) bond motifs is 1. The summed E-state index contributed by atoms with van der Waals surface area (Å²) in [5, 5.41) is 17.4. The lowest BCUT2D eigenvalue weighted by molar-refractivity contribution is -0.473. The van der Waals surface area contributed by atoms with E-state index in [1.54, 1.807) is 32.0 Å². The monoisotopic (exact) mass is 302 g/mol. The van der Waals surface area contributed by atoms with Crippen molar-refractivity contribution in [3.05, 3.63) is 45.3 Å². The molecule has 2 heterocycles. The van der Waals surface area contributed by atoms with Gasteiger partial charge in [0.15, 0.2) is 0 Å². The summed E-state index contributed by atoms with van der Waals surface area (Å²) in [5.41, 5.74) is 1.87. The van der Waals surface area contributed by atoms with Crippen molar-refractivity contribution in [3.8, 4) is 0 Å². The number of rotatable bonds is 2. The number of amides is 1. The van der Waals surface area contributed by atoms with Gasteiger partial charge in [-0.2, -0.15) is 10.1 Å². The Hall–Kier alpha value is -2.90. The number of hydrazone groups is 1. The predicted molar refractivity (Wildman–Crippen MR) is 79.2 cm³/mol. The molecule has 0 radical (unpaired) electrons. The summed E-state index contributed by atoms with van der Waals surface area (Å²) in [4.78, 5) is 23.4. The van der Waals surface area contributed by atoms with Crippen LogP contribution in [0.25, 0.3) is 11.0 Å². The van der Waals surface area contributed by atoms with Crippen molar-refractivity contribution in [2.45, 2.75) is 13.8 Å². The van der Waals surface area contributed by atoms with E-state index in [4.69, 9.17) is 4.74 Å². The van der Waals surface area contributed by atoms with Crippen LogP contribution in [0.5, 0.6) is 0 Å². The highest BCUT2D eigenvalue weighted by Crippen LogP contribution is 2.15. The first-order valence-electron chi connectivity index (χ1n) is 6.73. The third-order valence-electron chi connectivity index (χ3n) is 3.66. The fourth-order valence-electron chi connectivity index (χ4n) is 2.24. The van der Waals surface area contributed by atoms with E-state index in [9.17, 15) is 14.9 Å². The minimum atomic E-state index is -0.500. The number of hydrogen-bond donors (Lipinski definition) is 0. The average molecular weight is 302 g/mol. The van der Waals surface area contributed by atoms with Crippen LogP contribution in [-0.4, -0.2) is 35.2 Å². The topological polar surface area (TPSA) is 92.9 Å². The SMILES string of the molecule is Cc1c(C)[n+](=O)c2ccc(/C=N\N3CCOC3=O)cc2n1[O-]. The van der Waals surface area contributed by atoms with Crippen LogP contribution >= 0.6 is 0 Å². The zero-order chi connectivity index (χ0) is 15.9. The molecule has 114 valence electrons. The highest BCUT2D eigenvalue weighted by atomic mass is 16.6. The molecule has 8 nitrogen and oxygen atoms in total. The lowest BCUT2D eigenvalue weighted by Gasteiger charge is -2.15. The van der Waals surface area contributed by atoms with Crippen LogP contribution in [0.15, 0.2) is 23.3 Å². The van der Waals surface area contributed by atoms with Gasteiger partial charge in [0, 0.05) is 17.9 Å². The molecule has 0 bridgehead atoms. The van der Waals surface area contributed by atoms with Crippen molar-refractivity contribution >= 4 is 23.3 Å². The minimum absolute atomic E-state index is 0.256. The Balaban J connectivity index is 2.05. The molecule has 0 unspecified atom stereocenters. The van der Waals surface area contributed by atoms with Crippen molar-refractivity contribution in [1.82, 2.24) is 9.74 Å². The van der Waals surface area contributed by atoms with Crippen LogP contribution in [0.3, 0.4) is 0 Å². The highest BCUT2D eigenvalue weighted by molar-refractivity contribution is 5.87. The second-order valence-corrected chi connectivity index (χ2v) is 4.99. The van der Waals surface area contributed by atoms with E-state index >= 15 is 0 Å². The summed E-state index contributed by atoms with van der Waals surface area (Å²) in [5.74, 6) is 0. The van der Waals surface area contributed by atoms with Crippen LogP contribution in [-0.2, 0) is 4.74 Å². The molecule has 1 aliphatic heterocycles. The molecular formula is C14H14N4O4. The summed E-state index contributed by atoms with van der Waals surface area (Å²) < 4.78 is 6.22. The van der Waals surface area contributed by atoms with Crippen molar-refractivity contribution in [2.75, 3.05) is 13.2 Å². The maximum absolute atomic E-state index is 12.2. The molecule has 0 N–H and O–H groups in total. The third-order valence-corrected chi connectivity index (χ3v) is 3.66. The number of nitrogens with zero attached hydrogens (tertiary/aromatic N) is 4. The van der Waals surface area contributed by atoms with Gasteiger partial charge in [0.2, 0.25) is 0 Å². The van der Waals surface area contributed by atoms with Gasteiger partial charge in [-0.1, -0.05) is 0 Å². The van der Waals surface area contributed by atoms with Gasteiger partial charge in [0.05, 0.1) is 22.9 Å². The molecule has 1 saturated heterocycles. The Morgan fingerprint density at radius 3 is 2.86 bits per heavy atom. The Kier molecular flexibility index (Phi) is 3.28. The Morgan fingerprint density at radius 1 is 1.41 bits per heavy atom. The van der Waals surface area contributed by atoms with E-state index in [0.717, 1.165) is 9.16 Å². The zero-order valence-electron chi connectivity index (χ0n) is 12.1. The summed E-state index contributed by atoms with van der Waals surface area (Å²) >= 11 is 0. The molecule has 1 aromatic carbocycles. The number of cyclic esters (lactones) is 1. The number of ether oxygens (including phenoxy) is 1. The number of aromatic nitrogens is 2. The maximum atomic E-state index is 12.2. The van der Waals surface area contributed by atoms with Gasteiger partial charge in [0.25, 0.3) is 11.2 Å². The molecule has 1 amide bonds. The first-order chi connectivity index (χ1) is 10.5. The van der Waals surface area contributed by atoms with Crippen molar-refractivity contribution in [3.63, 3.8) is 0 Å². The summed E-state index contributed by atoms with van der Waals surface area (Å²) in [6.07, 6.45) is 0.955. The lowest BCUT2D eigenvalue weighted by Crippen LogP contribution is -2.24. The Morgan fingerprint density at radius 2 is 2.18 bits per heavy atom. The van der Waals surface area contributed by atoms with Gasteiger partial charge in [0.1, 0.15) is 12.1 Å². The van der Waals surface area contributed by atoms with E-state index in [2.05, 4.69) is 5.10 Å². The summed E-state index contributed by atoms with van der Waals surface area (Å²) in [6.45, 7) is 3.90. The molecule has 0 aliphatic carbocycles. The van der Waals surface area contributed by atoms with Crippen LogP contribution in [0.2, 0.25) is 0 Å². The molecule has 22 heavy (non-hydrogen) atoms. The molecular weight excluding hydrogens is 288 g/mol. The largest absolute Gasteiger partial charge is 0.805 e. The molecule has 0 atom stereocenters. The van der Waals surface area contributed by atoms with Crippen LogP contribution in [0.4, 0.5) is 4.79 Å². The molecule has 1 fully saturated rings. The smallest absolute Gasteiger partial charge is 0.430 e. The quantitative estimate of drug-likeness (QED) is 0.617. The van der Waals surface area contributed by atoms with E-state index in [1.807, 2.05) is 0 Å². The maximum Gasteiger partial charge on any atom is 0.430 e. The number of carbonyl (C=O) groups excluding carboxylic acids is 1. The van der Waals surface area contributed by atoms with Gasteiger partial charge >= 0.3 is 6.09 Å². The lowest BCUT2D eigenvalue weighted by atomic mass is 10.2. The first-order valence-corrected chi connectivity index (χ1v) is 6.73. The van der Waals surface area contributed by atoms with Gasteiger partial charge in [-0.15, -0.1) is 0 Å². The van der Waals surface area contributed by atoms with Gasteiger partial charge < -0.3 is 14.7 Å². The van der Waals surface area contributed by atoms with Crippen LogP contribution in [0.1, 0.15) is 17.0 Å². The second kappa shape index (κ2) is 5.14. The Bertz CT molecular complexity index is 856. The molecule has 1 aliphatic rings. The van der Waals surface area contributed by atoms with Gasteiger partial charge in [-0.3, -0.25) is 0 Å². The minimum Gasteiger partial charge on any atom is -0.805 e. The second-order valence-electron chi connectivity index (χ2n) is 4.99. The third kappa shape index (κ3) is 2.18. The summed E-state index contributed by atoms with van der Waals surface area (Å²) in [6, 6.07) is 4.79. The fraction of sp³-hybridized carbons (Fsp3) is 0.286. The molecule has 8 heteroatoms. The molecule has 3 rings (SSSR count). The van der Waals surface area contributed by atoms with Gasteiger partial charge in [-0.05, 0) is 24.6 Å². The van der Waals surface area contributed by atoms with Crippen molar-refractivity contribution < 1.29 is 14.0 Å². The normalized spacial score (nSPS) is 15.0. The van der Waals surface area contributed by atoms with E-state index in [-0.39, 0.29) is 11.0 Å². The van der Waals surface area contributed by atoms with Crippen molar-refractivity contribution in [1.29, 1.82) is 0 Å². The zero-order valence-corrected chi connectivity index (χ0v) is 12.1. The predicted octanol–water partition coefficient (Wildman–Crippen LogP) is 1.30. The highest BCUT2D eigenvalue weighted by Gasteiger charge is 2.21. The fourth-order valence-corrected chi connectivity index (χ4v) is 2.24. The molecule has 1 aromatic heterocycles. The standard InChI is InChI=1S/C14H14N4O4/c1-9-10(2)18(21)13-7-11(3-4-12(13)17(9)20)8-15-16-5-6-22-14(16)19/h3-4,7-8H,5-6H2,1-2H3/b15-8-. The van der Waals surface area contributed by atoms with E-state index < -0.39 is 6.09 Å². The number of carbonyl (C=O) groups is 1. The van der Waals surface area contributed by atoms with Crippen molar-refractivity contribution in [2.24, 2.45) is 5.10 Å². The molecule has 0 saturated carbocycles.